The Morgan fingerprint density at radius 1 is 1.36 bits per heavy atom. The summed E-state index contributed by atoms with van der Waals surface area (Å²) in [6, 6.07) is 0.948. The minimum Gasteiger partial charge on any atom is -0.368 e. The molecule has 22 heavy (non-hydrogen) atoms. The molecule has 4 nitrogen and oxygen atoms in total. The number of rotatable bonds is 3. The number of halogens is 5. The van der Waals surface area contributed by atoms with Gasteiger partial charge < -0.3 is 10.6 Å². The highest BCUT2D eigenvalue weighted by atomic mass is 19.4. The number of carbonyl (C=O) groups is 1. The second-order valence-electron chi connectivity index (χ2n) is 5.00. The summed E-state index contributed by atoms with van der Waals surface area (Å²) in [5, 5.41) is 0. The van der Waals surface area contributed by atoms with Gasteiger partial charge >= 0.3 is 6.36 Å². The van der Waals surface area contributed by atoms with E-state index in [1.165, 1.54) is 17.9 Å². The van der Waals surface area contributed by atoms with Gasteiger partial charge in [-0.05, 0) is 19.1 Å². The minimum atomic E-state index is -4.86. The summed E-state index contributed by atoms with van der Waals surface area (Å²) in [4.78, 5) is 12.6. The molecule has 9 heteroatoms. The highest BCUT2D eigenvalue weighted by molar-refractivity contribution is 5.84. The van der Waals surface area contributed by atoms with Gasteiger partial charge in [0.25, 0.3) is 0 Å². The largest absolute Gasteiger partial charge is 0.522 e. The molecule has 1 saturated heterocycles. The predicted molar refractivity (Wildman–Crippen MR) is 67.0 cm³/mol. The number of alkyl halides is 3. The lowest BCUT2D eigenvalue weighted by Crippen LogP contribution is -2.40. The Bertz CT molecular complexity index is 591. The van der Waals surface area contributed by atoms with E-state index in [0.717, 1.165) is 6.07 Å². The van der Waals surface area contributed by atoms with Crippen LogP contribution in [-0.2, 0) is 9.53 Å². The molecule has 1 unspecified atom stereocenters. The topological polar surface area (TPSA) is 55.6 Å². The van der Waals surface area contributed by atoms with Crippen LogP contribution in [0.15, 0.2) is 12.1 Å². The fourth-order valence-electron chi connectivity index (χ4n) is 2.56. The third-order valence-electron chi connectivity index (χ3n) is 3.51. The number of amides is 1. The molecule has 0 saturated carbocycles. The van der Waals surface area contributed by atoms with Gasteiger partial charge in [-0.2, -0.15) is 0 Å². The van der Waals surface area contributed by atoms with E-state index in [0.29, 0.717) is 0 Å². The molecule has 0 aromatic heterocycles. The van der Waals surface area contributed by atoms with Crippen molar-refractivity contribution in [1.29, 1.82) is 0 Å². The van der Waals surface area contributed by atoms with Gasteiger partial charge in [-0.25, -0.2) is 8.78 Å². The van der Waals surface area contributed by atoms with Crippen molar-refractivity contribution in [1.82, 2.24) is 0 Å². The first-order chi connectivity index (χ1) is 10.1. The van der Waals surface area contributed by atoms with Crippen molar-refractivity contribution in [3.63, 3.8) is 0 Å². The fraction of sp³-hybridized carbons (Fsp3) is 0.462. The Hall–Kier alpha value is -1.90. The van der Waals surface area contributed by atoms with Crippen LogP contribution in [0.4, 0.5) is 27.6 Å². The monoisotopic (exact) mass is 324 g/mol. The highest BCUT2D eigenvalue weighted by Gasteiger charge is 2.43. The molecule has 0 spiro atoms. The number of anilines is 1. The van der Waals surface area contributed by atoms with Crippen LogP contribution in [0.3, 0.4) is 0 Å². The van der Waals surface area contributed by atoms with E-state index in [-0.39, 0.29) is 24.2 Å². The molecular weight excluding hydrogens is 311 g/mol. The number of benzene rings is 1. The van der Waals surface area contributed by atoms with E-state index in [2.05, 4.69) is 4.74 Å². The predicted octanol–water partition coefficient (Wildman–Crippen LogP) is 2.24. The summed E-state index contributed by atoms with van der Waals surface area (Å²) >= 11 is 0. The normalized spacial score (nSPS) is 22.2. The molecule has 122 valence electrons. The molecule has 0 bridgehead atoms. The van der Waals surface area contributed by atoms with E-state index in [1.54, 1.807) is 0 Å². The Morgan fingerprint density at radius 2 is 2.00 bits per heavy atom. The maximum atomic E-state index is 13.6. The molecule has 2 atom stereocenters. The van der Waals surface area contributed by atoms with Gasteiger partial charge in [-0.15, -0.1) is 13.2 Å². The van der Waals surface area contributed by atoms with E-state index < -0.39 is 36.0 Å². The number of primary amides is 1. The first-order valence-electron chi connectivity index (χ1n) is 6.35. The minimum absolute atomic E-state index is 0.107. The Morgan fingerprint density at radius 3 is 2.55 bits per heavy atom. The van der Waals surface area contributed by atoms with Crippen molar-refractivity contribution in [3.8, 4) is 0 Å². The summed E-state index contributed by atoms with van der Waals surface area (Å²) in [6.45, 7) is 0.961. The van der Waals surface area contributed by atoms with Crippen LogP contribution in [0.1, 0.15) is 12.0 Å². The van der Waals surface area contributed by atoms with Gasteiger partial charge in [0.1, 0.15) is 6.04 Å². The lowest BCUT2D eigenvalue weighted by atomic mass is 10.1. The van der Waals surface area contributed by atoms with Gasteiger partial charge in [0, 0.05) is 24.2 Å². The molecule has 0 aliphatic carbocycles. The van der Waals surface area contributed by atoms with Crippen LogP contribution in [0.25, 0.3) is 0 Å². The average Bonchev–Trinajstić information content (AvgIpc) is 2.77. The average molecular weight is 324 g/mol. The highest BCUT2D eigenvalue weighted by Crippen LogP contribution is 2.33. The summed E-state index contributed by atoms with van der Waals surface area (Å²) in [6.07, 6.45) is -6.45. The zero-order chi connectivity index (χ0) is 16.7. The number of nitrogens with zero attached hydrogens (tertiary/aromatic N) is 1. The summed E-state index contributed by atoms with van der Waals surface area (Å²) in [5.74, 6) is -3.07. The first-order valence-corrected chi connectivity index (χ1v) is 6.35. The zero-order valence-electron chi connectivity index (χ0n) is 11.5. The number of hydrogen-bond donors (Lipinski definition) is 1. The standard InChI is InChI=1S/C13H13F5N2O2/c1-6-9(3-2-8(14)11(6)15)20-5-7(22-13(16,17)18)4-10(20)12(19)21/h2-3,7,10H,4-5H2,1H3,(H2,19,21)/t7-,10?/m1/s1. The Labute approximate surface area is 122 Å². The molecule has 1 amide bonds. The van der Waals surface area contributed by atoms with Crippen molar-refractivity contribution in [2.75, 3.05) is 11.4 Å². The van der Waals surface area contributed by atoms with Gasteiger partial charge in [0.15, 0.2) is 11.6 Å². The molecule has 1 aromatic carbocycles. The fourth-order valence-corrected chi connectivity index (χ4v) is 2.56. The molecule has 1 heterocycles. The van der Waals surface area contributed by atoms with Crippen LogP contribution in [0, 0.1) is 18.6 Å². The van der Waals surface area contributed by atoms with E-state index >= 15 is 0 Å². The second kappa shape index (κ2) is 5.71. The van der Waals surface area contributed by atoms with Gasteiger partial charge in [0.2, 0.25) is 5.91 Å². The number of hydrogen-bond acceptors (Lipinski definition) is 3. The van der Waals surface area contributed by atoms with Crippen LogP contribution in [0.5, 0.6) is 0 Å². The number of ether oxygens (including phenoxy) is 1. The number of nitrogens with two attached hydrogens (primary N) is 1. The van der Waals surface area contributed by atoms with Crippen LogP contribution in [0.2, 0.25) is 0 Å². The molecule has 1 aromatic rings. The Kier molecular flexibility index (Phi) is 4.28. The van der Waals surface area contributed by atoms with Crippen molar-refractivity contribution < 1.29 is 31.5 Å². The third kappa shape index (κ3) is 3.29. The summed E-state index contributed by atoms with van der Waals surface area (Å²) < 4.78 is 67.5. The molecule has 1 aliphatic heterocycles. The van der Waals surface area contributed by atoms with Gasteiger partial charge in [0.05, 0.1) is 6.10 Å². The molecule has 1 fully saturated rings. The van der Waals surface area contributed by atoms with Crippen molar-refractivity contribution in [2.24, 2.45) is 5.73 Å². The van der Waals surface area contributed by atoms with Crippen molar-refractivity contribution in [2.45, 2.75) is 31.9 Å². The van der Waals surface area contributed by atoms with Crippen LogP contribution >= 0.6 is 0 Å². The van der Waals surface area contributed by atoms with Gasteiger partial charge in [-0.3, -0.25) is 9.53 Å². The van der Waals surface area contributed by atoms with E-state index in [1.807, 2.05) is 0 Å². The SMILES string of the molecule is Cc1c(N2C[C@H](OC(F)(F)F)CC2C(N)=O)ccc(F)c1F. The maximum Gasteiger partial charge on any atom is 0.522 e. The molecular formula is C13H13F5N2O2. The first kappa shape index (κ1) is 16.5. The summed E-state index contributed by atoms with van der Waals surface area (Å²) in [5.41, 5.74) is 5.18. The maximum absolute atomic E-state index is 13.6. The molecule has 2 N–H and O–H groups in total. The zero-order valence-corrected chi connectivity index (χ0v) is 11.5. The summed E-state index contributed by atoms with van der Waals surface area (Å²) in [7, 11) is 0. The van der Waals surface area contributed by atoms with E-state index in [9.17, 15) is 26.7 Å². The van der Waals surface area contributed by atoms with E-state index in [4.69, 9.17) is 5.73 Å². The number of carbonyl (C=O) groups excluding carboxylic acids is 1. The van der Waals surface area contributed by atoms with Crippen molar-refractivity contribution in [3.05, 3.63) is 29.3 Å². The molecule has 0 radical (unpaired) electrons. The lowest BCUT2D eigenvalue weighted by molar-refractivity contribution is -0.339. The third-order valence-corrected chi connectivity index (χ3v) is 3.51. The van der Waals surface area contributed by atoms with Crippen LogP contribution < -0.4 is 10.6 Å². The smallest absolute Gasteiger partial charge is 0.368 e. The van der Waals surface area contributed by atoms with Crippen LogP contribution in [-0.4, -0.2) is 31.0 Å². The molecule has 2 rings (SSSR count). The molecule has 1 aliphatic rings. The Balaban J connectivity index is 2.32. The quantitative estimate of drug-likeness (QED) is 0.868. The lowest BCUT2D eigenvalue weighted by Gasteiger charge is -2.26. The van der Waals surface area contributed by atoms with Crippen molar-refractivity contribution >= 4 is 11.6 Å². The second-order valence-corrected chi connectivity index (χ2v) is 5.00. The van der Waals surface area contributed by atoms with Gasteiger partial charge in [-0.1, -0.05) is 0 Å².